The smallest absolute Gasteiger partial charge is 0.161 e. The zero-order valence-corrected chi connectivity index (χ0v) is 10.3. The van der Waals surface area contributed by atoms with E-state index in [2.05, 4.69) is 4.98 Å². The SMILES string of the molecule is COc1ccc(-c2cc(N)nc(N)c2)cc1OC. The highest BCUT2D eigenvalue weighted by atomic mass is 16.5. The van der Waals surface area contributed by atoms with Crippen molar-refractivity contribution in [2.75, 3.05) is 25.7 Å². The van der Waals surface area contributed by atoms with E-state index >= 15 is 0 Å². The first kappa shape index (κ1) is 12.0. The predicted molar refractivity (Wildman–Crippen MR) is 71.6 cm³/mol. The van der Waals surface area contributed by atoms with E-state index < -0.39 is 0 Å². The highest BCUT2D eigenvalue weighted by molar-refractivity contribution is 5.71. The van der Waals surface area contributed by atoms with Crippen LogP contribution in [0.15, 0.2) is 30.3 Å². The zero-order valence-electron chi connectivity index (χ0n) is 10.3. The molecule has 1 aromatic carbocycles. The van der Waals surface area contributed by atoms with Crippen molar-refractivity contribution in [2.45, 2.75) is 0 Å². The zero-order chi connectivity index (χ0) is 13.1. The van der Waals surface area contributed by atoms with E-state index in [-0.39, 0.29) is 0 Å². The Kier molecular flexibility index (Phi) is 3.23. The predicted octanol–water partition coefficient (Wildman–Crippen LogP) is 1.93. The van der Waals surface area contributed by atoms with Gasteiger partial charge in [-0.15, -0.1) is 0 Å². The van der Waals surface area contributed by atoms with Gasteiger partial charge in [-0.3, -0.25) is 0 Å². The first-order valence-corrected chi connectivity index (χ1v) is 5.39. The van der Waals surface area contributed by atoms with Gasteiger partial charge in [0.25, 0.3) is 0 Å². The Balaban J connectivity index is 2.50. The fourth-order valence-corrected chi connectivity index (χ4v) is 1.76. The molecule has 0 spiro atoms. The largest absolute Gasteiger partial charge is 0.493 e. The van der Waals surface area contributed by atoms with Crippen molar-refractivity contribution >= 4 is 11.6 Å². The van der Waals surface area contributed by atoms with E-state index in [1.165, 1.54) is 0 Å². The monoisotopic (exact) mass is 245 g/mol. The van der Waals surface area contributed by atoms with Crippen LogP contribution in [0, 0.1) is 0 Å². The Hall–Kier alpha value is -2.43. The molecule has 1 aromatic heterocycles. The van der Waals surface area contributed by atoms with Crippen LogP contribution in [-0.4, -0.2) is 19.2 Å². The Morgan fingerprint density at radius 3 is 2.00 bits per heavy atom. The summed E-state index contributed by atoms with van der Waals surface area (Å²) in [5, 5.41) is 0. The van der Waals surface area contributed by atoms with Gasteiger partial charge in [0.1, 0.15) is 11.6 Å². The molecule has 0 radical (unpaired) electrons. The van der Waals surface area contributed by atoms with E-state index in [4.69, 9.17) is 20.9 Å². The normalized spacial score (nSPS) is 10.1. The molecule has 0 atom stereocenters. The molecule has 2 aromatic rings. The molecule has 4 N–H and O–H groups in total. The summed E-state index contributed by atoms with van der Waals surface area (Å²) in [6, 6.07) is 9.14. The van der Waals surface area contributed by atoms with Gasteiger partial charge in [-0.2, -0.15) is 0 Å². The molecule has 0 amide bonds. The third-order valence-electron chi connectivity index (χ3n) is 2.58. The maximum Gasteiger partial charge on any atom is 0.161 e. The second-order valence-corrected chi connectivity index (χ2v) is 3.78. The minimum Gasteiger partial charge on any atom is -0.493 e. The number of nitrogen functional groups attached to an aromatic ring is 2. The molecular weight excluding hydrogens is 230 g/mol. The lowest BCUT2D eigenvalue weighted by atomic mass is 10.1. The summed E-state index contributed by atoms with van der Waals surface area (Å²) in [5.74, 6) is 2.11. The molecular formula is C13H15N3O2. The third kappa shape index (κ3) is 2.29. The summed E-state index contributed by atoms with van der Waals surface area (Å²) in [6.45, 7) is 0. The lowest BCUT2D eigenvalue weighted by molar-refractivity contribution is 0.355. The molecule has 1 heterocycles. The van der Waals surface area contributed by atoms with Crippen LogP contribution in [0.25, 0.3) is 11.1 Å². The molecule has 0 saturated carbocycles. The lowest BCUT2D eigenvalue weighted by Crippen LogP contribution is -1.97. The van der Waals surface area contributed by atoms with Crippen LogP contribution in [0.3, 0.4) is 0 Å². The number of ether oxygens (including phenoxy) is 2. The van der Waals surface area contributed by atoms with E-state index in [9.17, 15) is 0 Å². The van der Waals surface area contributed by atoms with Gasteiger partial charge < -0.3 is 20.9 Å². The van der Waals surface area contributed by atoms with Crippen molar-refractivity contribution < 1.29 is 9.47 Å². The van der Waals surface area contributed by atoms with Crippen LogP contribution in [0.4, 0.5) is 11.6 Å². The number of benzene rings is 1. The van der Waals surface area contributed by atoms with Gasteiger partial charge in [-0.25, -0.2) is 4.98 Å². The molecule has 0 unspecified atom stereocenters. The topological polar surface area (TPSA) is 83.4 Å². The average molecular weight is 245 g/mol. The second-order valence-electron chi connectivity index (χ2n) is 3.78. The summed E-state index contributed by atoms with van der Waals surface area (Å²) in [5.41, 5.74) is 13.2. The van der Waals surface area contributed by atoms with Crippen LogP contribution in [0.2, 0.25) is 0 Å². The minimum absolute atomic E-state index is 0.389. The van der Waals surface area contributed by atoms with Gasteiger partial charge in [0.2, 0.25) is 0 Å². The number of nitrogens with two attached hydrogens (primary N) is 2. The summed E-state index contributed by atoms with van der Waals surface area (Å²) in [6.07, 6.45) is 0. The van der Waals surface area contributed by atoms with Crippen molar-refractivity contribution in [3.63, 3.8) is 0 Å². The molecule has 94 valence electrons. The van der Waals surface area contributed by atoms with Crippen LogP contribution in [0.1, 0.15) is 0 Å². The van der Waals surface area contributed by atoms with Gasteiger partial charge in [-0.05, 0) is 35.4 Å². The van der Waals surface area contributed by atoms with Crippen LogP contribution >= 0.6 is 0 Å². The number of rotatable bonds is 3. The fraction of sp³-hybridized carbons (Fsp3) is 0.154. The Morgan fingerprint density at radius 1 is 0.833 bits per heavy atom. The molecule has 5 heteroatoms. The standard InChI is InChI=1S/C13H15N3O2/c1-17-10-4-3-8(5-11(10)18-2)9-6-12(14)16-13(15)7-9/h3-7H,1-2H3,(H4,14,15,16). The first-order valence-electron chi connectivity index (χ1n) is 5.39. The van der Waals surface area contributed by atoms with Gasteiger partial charge in [-0.1, -0.05) is 6.07 Å². The molecule has 5 nitrogen and oxygen atoms in total. The Morgan fingerprint density at radius 2 is 1.44 bits per heavy atom. The third-order valence-corrected chi connectivity index (χ3v) is 2.58. The van der Waals surface area contributed by atoms with E-state index in [1.54, 1.807) is 26.4 Å². The van der Waals surface area contributed by atoms with Crippen molar-refractivity contribution in [3.8, 4) is 22.6 Å². The lowest BCUT2D eigenvalue weighted by Gasteiger charge is -2.10. The van der Waals surface area contributed by atoms with Crippen LogP contribution < -0.4 is 20.9 Å². The van der Waals surface area contributed by atoms with Gasteiger partial charge >= 0.3 is 0 Å². The van der Waals surface area contributed by atoms with Crippen molar-refractivity contribution in [1.82, 2.24) is 4.98 Å². The van der Waals surface area contributed by atoms with Crippen molar-refractivity contribution in [1.29, 1.82) is 0 Å². The maximum atomic E-state index is 5.68. The molecule has 0 aliphatic carbocycles. The van der Waals surface area contributed by atoms with E-state index in [0.717, 1.165) is 11.1 Å². The summed E-state index contributed by atoms with van der Waals surface area (Å²) < 4.78 is 10.4. The minimum atomic E-state index is 0.389. The second kappa shape index (κ2) is 4.83. The Labute approximate surface area is 105 Å². The highest BCUT2D eigenvalue weighted by Gasteiger charge is 2.07. The fourth-order valence-electron chi connectivity index (χ4n) is 1.76. The summed E-state index contributed by atoms with van der Waals surface area (Å²) >= 11 is 0. The first-order chi connectivity index (χ1) is 8.63. The molecule has 18 heavy (non-hydrogen) atoms. The quantitative estimate of drug-likeness (QED) is 0.863. The maximum absolute atomic E-state index is 5.68. The number of nitrogens with zero attached hydrogens (tertiary/aromatic N) is 1. The number of aromatic nitrogens is 1. The number of anilines is 2. The van der Waals surface area contributed by atoms with Crippen molar-refractivity contribution in [3.05, 3.63) is 30.3 Å². The molecule has 2 rings (SSSR count). The van der Waals surface area contributed by atoms with E-state index in [1.807, 2.05) is 18.2 Å². The molecule has 0 fully saturated rings. The molecule has 0 aliphatic heterocycles. The summed E-state index contributed by atoms with van der Waals surface area (Å²) in [7, 11) is 3.19. The van der Waals surface area contributed by atoms with Gasteiger partial charge in [0.15, 0.2) is 11.5 Å². The average Bonchev–Trinajstić information content (AvgIpc) is 2.36. The number of hydrogen-bond acceptors (Lipinski definition) is 5. The van der Waals surface area contributed by atoms with Crippen LogP contribution in [-0.2, 0) is 0 Å². The Bertz CT molecular complexity index is 550. The molecule has 0 aliphatic rings. The highest BCUT2D eigenvalue weighted by Crippen LogP contribution is 2.33. The van der Waals surface area contributed by atoms with Crippen molar-refractivity contribution in [2.24, 2.45) is 0 Å². The molecule has 0 bridgehead atoms. The number of methoxy groups -OCH3 is 2. The van der Waals surface area contributed by atoms with Gasteiger partial charge in [0.05, 0.1) is 14.2 Å². The number of hydrogen-bond donors (Lipinski definition) is 2. The summed E-state index contributed by atoms with van der Waals surface area (Å²) in [4.78, 5) is 3.94. The number of pyridine rings is 1. The van der Waals surface area contributed by atoms with Crippen LogP contribution in [0.5, 0.6) is 11.5 Å². The van der Waals surface area contributed by atoms with Gasteiger partial charge in [0, 0.05) is 0 Å². The van der Waals surface area contributed by atoms with E-state index in [0.29, 0.717) is 23.1 Å². The molecule has 0 saturated heterocycles.